The molecule has 35 heavy (non-hydrogen) atoms. The van der Waals surface area contributed by atoms with Gasteiger partial charge in [0.05, 0.1) is 5.41 Å². The second-order valence-corrected chi connectivity index (χ2v) is 9.29. The standard InChI is InChI=1S/C35H30/c1-26-14-10-13-21-34(26)35(32-19-11-12-20-32,31-17-8-5-9-18-31)33-23-22-30(24-27(2)28(3)25-33)29-15-6-4-7-16-29/h4-19,21,23-24H,2-3,22,25H2,1H3/b30-24+,33-23+. The van der Waals surface area contributed by atoms with E-state index in [0.29, 0.717) is 0 Å². The number of rotatable bonds is 5. The van der Waals surface area contributed by atoms with E-state index in [1.165, 1.54) is 33.4 Å². The average molecular weight is 451 g/mol. The van der Waals surface area contributed by atoms with E-state index in [4.69, 9.17) is 0 Å². The molecule has 0 amide bonds. The quantitative estimate of drug-likeness (QED) is 0.269. The highest BCUT2D eigenvalue weighted by atomic mass is 14.4. The minimum absolute atomic E-state index is 0.474. The molecular weight excluding hydrogens is 420 g/mol. The first kappa shape index (κ1) is 22.7. The second kappa shape index (κ2) is 9.63. The zero-order valence-corrected chi connectivity index (χ0v) is 20.3. The fourth-order valence-corrected chi connectivity index (χ4v) is 5.39. The molecule has 0 spiro atoms. The van der Waals surface area contributed by atoms with Crippen LogP contribution in [0.2, 0.25) is 0 Å². The molecule has 0 heterocycles. The first-order valence-corrected chi connectivity index (χ1v) is 12.2. The van der Waals surface area contributed by atoms with Crippen LogP contribution in [0.4, 0.5) is 0 Å². The van der Waals surface area contributed by atoms with Gasteiger partial charge in [-0.15, -0.1) is 5.73 Å². The molecule has 0 fully saturated rings. The highest BCUT2D eigenvalue weighted by Crippen LogP contribution is 2.50. The Morgan fingerprint density at radius 1 is 0.829 bits per heavy atom. The Bertz CT molecular complexity index is 1430. The van der Waals surface area contributed by atoms with Crippen molar-refractivity contribution in [3.05, 3.63) is 179 Å². The topological polar surface area (TPSA) is 0 Å². The Labute approximate surface area is 209 Å². The van der Waals surface area contributed by atoms with Crippen LogP contribution in [0.3, 0.4) is 0 Å². The molecule has 0 radical (unpaired) electrons. The second-order valence-electron chi connectivity index (χ2n) is 9.29. The fourth-order valence-electron chi connectivity index (χ4n) is 5.39. The molecule has 0 bridgehead atoms. The van der Waals surface area contributed by atoms with Crippen LogP contribution in [-0.4, -0.2) is 0 Å². The van der Waals surface area contributed by atoms with Crippen molar-refractivity contribution in [3.8, 4) is 0 Å². The van der Waals surface area contributed by atoms with Crippen molar-refractivity contribution in [1.82, 2.24) is 0 Å². The van der Waals surface area contributed by atoms with Gasteiger partial charge in [-0.3, -0.25) is 0 Å². The number of aryl methyl sites for hydroxylation is 1. The first-order chi connectivity index (χ1) is 17.1. The van der Waals surface area contributed by atoms with E-state index in [-0.39, 0.29) is 0 Å². The van der Waals surface area contributed by atoms with E-state index in [0.717, 1.165) is 29.6 Å². The van der Waals surface area contributed by atoms with E-state index in [9.17, 15) is 0 Å². The molecule has 1 unspecified atom stereocenters. The van der Waals surface area contributed by atoms with Gasteiger partial charge in [0.25, 0.3) is 0 Å². The molecule has 0 saturated carbocycles. The van der Waals surface area contributed by atoms with Crippen molar-refractivity contribution in [2.24, 2.45) is 0 Å². The van der Waals surface area contributed by atoms with E-state index >= 15 is 0 Å². The van der Waals surface area contributed by atoms with Gasteiger partial charge >= 0.3 is 0 Å². The van der Waals surface area contributed by atoms with E-state index in [1.54, 1.807) is 0 Å². The summed E-state index contributed by atoms with van der Waals surface area (Å²) in [6.45, 7) is 11.1. The summed E-state index contributed by atoms with van der Waals surface area (Å²) in [5.41, 5.74) is 13.9. The number of hydrogen-bond donors (Lipinski definition) is 0. The lowest BCUT2D eigenvalue weighted by Gasteiger charge is -2.40. The van der Waals surface area contributed by atoms with Gasteiger partial charge < -0.3 is 0 Å². The molecule has 2 aliphatic carbocycles. The van der Waals surface area contributed by atoms with Crippen LogP contribution in [0.1, 0.15) is 35.1 Å². The predicted octanol–water partition coefficient (Wildman–Crippen LogP) is 8.85. The highest BCUT2D eigenvalue weighted by Gasteiger charge is 2.42. The Morgan fingerprint density at radius 2 is 1.51 bits per heavy atom. The average Bonchev–Trinajstić information content (AvgIpc) is 3.43. The number of benzene rings is 3. The van der Waals surface area contributed by atoms with Gasteiger partial charge in [-0.2, -0.15) is 0 Å². The maximum absolute atomic E-state index is 4.48. The van der Waals surface area contributed by atoms with Crippen molar-refractivity contribution in [2.75, 3.05) is 0 Å². The monoisotopic (exact) mass is 450 g/mol. The molecule has 0 saturated heterocycles. The Morgan fingerprint density at radius 3 is 2.20 bits per heavy atom. The third-order valence-electron chi connectivity index (χ3n) is 7.16. The minimum atomic E-state index is -0.474. The van der Waals surface area contributed by atoms with Gasteiger partial charge in [0.2, 0.25) is 0 Å². The molecule has 0 N–H and O–H groups in total. The third-order valence-corrected chi connectivity index (χ3v) is 7.16. The van der Waals surface area contributed by atoms with Crippen molar-refractivity contribution >= 4 is 5.57 Å². The van der Waals surface area contributed by atoms with Gasteiger partial charge in [0.15, 0.2) is 0 Å². The third kappa shape index (κ3) is 4.14. The maximum Gasteiger partial charge on any atom is 0.0740 e. The van der Waals surface area contributed by atoms with Crippen LogP contribution in [0.15, 0.2) is 156 Å². The van der Waals surface area contributed by atoms with Gasteiger partial charge in [-0.1, -0.05) is 116 Å². The van der Waals surface area contributed by atoms with E-state index in [2.05, 4.69) is 135 Å². The molecule has 0 nitrogen and oxygen atoms in total. The zero-order chi connectivity index (χ0) is 24.3. The summed E-state index contributed by atoms with van der Waals surface area (Å²) in [6.07, 6.45) is 12.5. The van der Waals surface area contributed by atoms with Crippen molar-refractivity contribution < 1.29 is 0 Å². The van der Waals surface area contributed by atoms with Gasteiger partial charge in [-0.05, 0) is 76.5 Å². The summed E-state index contributed by atoms with van der Waals surface area (Å²) in [5, 5.41) is 0. The molecule has 3 aromatic carbocycles. The predicted molar refractivity (Wildman–Crippen MR) is 149 cm³/mol. The van der Waals surface area contributed by atoms with Crippen molar-refractivity contribution in [1.29, 1.82) is 0 Å². The summed E-state index contributed by atoms with van der Waals surface area (Å²) in [6, 6.07) is 30.2. The SMILES string of the molecule is C=C1/C=C(/c2ccccc2)C/C=C(/C(C2=C=CC=C2)(c2ccccc2)c2ccccc2C)CC1=C. The van der Waals surface area contributed by atoms with Crippen LogP contribution >= 0.6 is 0 Å². The van der Waals surface area contributed by atoms with E-state index in [1.807, 2.05) is 6.08 Å². The van der Waals surface area contributed by atoms with Crippen LogP contribution in [-0.2, 0) is 5.41 Å². The van der Waals surface area contributed by atoms with Gasteiger partial charge in [0, 0.05) is 5.57 Å². The highest BCUT2D eigenvalue weighted by molar-refractivity contribution is 5.73. The molecule has 0 heteroatoms. The molecular formula is C35H30. The first-order valence-electron chi connectivity index (χ1n) is 12.2. The van der Waals surface area contributed by atoms with E-state index < -0.39 is 5.41 Å². The minimum Gasteiger partial charge on any atom is -0.116 e. The lowest BCUT2D eigenvalue weighted by molar-refractivity contribution is 0.693. The molecule has 5 rings (SSSR count). The maximum atomic E-state index is 4.48. The van der Waals surface area contributed by atoms with Crippen LogP contribution < -0.4 is 0 Å². The van der Waals surface area contributed by atoms with Crippen LogP contribution in [0.25, 0.3) is 5.57 Å². The summed E-state index contributed by atoms with van der Waals surface area (Å²) in [7, 11) is 0. The lowest BCUT2D eigenvalue weighted by atomic mass is 9.61. The summed E-state index contributed by atoms with van der Waals surface area (Å²) in [4.78, 5) is 0. The summed E-state index contributed by atoms with van der Waals surface area (Å²) < 4.78 is 0. The van der Waals surface area contributed by atoms with Crippen molar-refractivity contribution in [2.45, 2.75) is 25.2 Å². The Hall–Kier alpha value is -4.12. The molecule has 1 atom stereocenters. The largest absolute Gasteiger partial charge is 0.116 e. The number of hydrogen-bond acceptors (Lipinski definition) is 0. The normalized spacial score (nSPS) is 20.2. The molecule has 0 aliphatic heterocycles. The summed E-state index contributed by atoms with van der Waals surface area (Å²) in [5.74, 6) is 0. The zero-order valence-electron chi connectivity index (χ0n) is 20.3. The van der Waals surface area contributed by atoms with Gasteiger partial charge in [-0.25, -0.2) is 0 Å². The fraction of sp³-hybridized carbons (Fsp3) is 0.114. The lowest BCUT2D eigenvalue weighted by Crippen LogP contribution is -2.33. The molecule has 3 aromatic rings. The number of allylic oxidation sites excluding steroid dienone is 9. The molecule has 2 aliphatic rings. The molecule has 170 valence electrons. The molecule has 0 aromatic heterocycles. The Balaban J connectivity index is 1.80. The smallest absolute Gasteiger partial charge is 0.0740 e. The Kier molecular flexibility index (Phi) is 6.23. The van der Waals surface area contributed by atoms with Crippen LogP contribution in [0.5, 0.6) is 0 Å². The summed E-state index contributed by atoms with van der Waals surface area (Å²) >= 11 is 0. The van der Waals surface area contributed by atoms with Crippen LogP contribution in [0, 0.1) is 6.92 Å². The van der Waals surface area contributed by atoms with Gasteiger partial charge in [0.1, 0.15) is 0 Å². The van der Waals surface area contributed by atoms with Crippen molar-refractivity contribution in [3.63, 3.8) is 0 Å².